The van der Waals surface area contributed by atoms with Gasteiger partial charge in [-0.2, -0.15) is 0 Å². The largest absolute Gasteiger partial charge is 0.390 e. The molecule has 3 heterocycles. The van der Waals surface area contributed by atoms with E-state index >= 15 is 0 Å². The number of fused-ring (bicyclic) bond motifs is 1. The zero-order valence-corrected chi connectivity index (χ0v) is 15.1. The van der Waals surface area contributed by atoms with Crippen LogP contribution in [0.25, 0.3) is 11.0 Å². The minimum absolute atomic E-state index is 0.00972. The van der Waals surface area contributed by atoms with Crippen molar-refractivity contribution in [2.45, 2.75) is 43.9 Å². The van der Waals surface area contributed by atoms with E-state index in [9.17, 15) is 9.90 Å². The third kappa shape index (κ3) is 2.82. The lowest BCUT2D eigenvalue weighted by Crippen LogP contribution is -2.55. The lowest BCUT2D eigenvalue weighted by Gasteiger charge is -2.46. The Kier molecular flexibility index (Phi) is 4.22. The predicted octanol–water partition coefficient (Wildman–Crippen LogP) is 1.38. The summed E-state index contributed by atoms with van der Waals surface area (Å²) in [4.78, 5) is 14.5. The van der Waals surface area contributed by atoms with Crippen LogP contribution in [0.3, 0.4) is 0 Å². The Morgan fingerprint density at radius 3 is 2.64 bits per heavy atom. The standard InChI is InChI=1S/C19H27N3O3/c1-20-15-6-5-14(12-16(15)21(2)18(20)24)13-22-9-7-19(8-10-22)17(23)4-3-11-25-19/h5-6,12,17,23H,3-4,7-11,13H2,1-2H3/t17-/m1/s1. The highest BCUT2D eigenvalue weighted by Gasteiger charge is 2.43. The van der Waals surface area contributed by atoms with Crippen molar-refractivity contribution < 1.29 is 9.84 Å². The number of hydrogen-bond donors (Lipinski definition) is 1. The maximum atomic E-state index is 12.1. The Labute approximate surface area is 147 Å². The van der Waals surface area contributed by atoms with Crippen molar-refractivity contribution in [3.63, 3.8) is 0 Å². The van der Waals surface area contributed by atoms with Crippen LogP contribution in [0.2, 0.25) is 0 Å². The van der Waals surface area contributed by atoms with Gasteiger partial charge in [-0.1, -0.05) is 6.07 Å². The van der Waals surface area contributed by atoms with Gasteiger partial charge in [-0.05, 0) is 43.4 Å². The van der Waals surface area contributed by atoms with E-state index < -0.39 is 0 Å². The van der Waals surface area contributed by atoms with E-state index in [1.165, 1.54) is 5.56 Å². The minimum atomic E-state index is -0.321. The van der Waals surface area contributed by atoms with Crippen molar-refractivity contribution >= 4 is 11.0 Å². The second-order valence-electron chi connectivity index (χ2n) is 7.57. The number of aliphatic hydroxyl groups excluding tert-OH is 1. The van der Waals surface area contributed by atoms with E-state index in [1.54, 1.807) is 9.13 Å². The molecular formula is C19H27N3O3. The summed E-state index contributed by atoms with van der Waals surface area (Å²) in [6, 6.07) is 6.26. The van der Waals surface area contributed by atoms with Gasteiger partial charge >= 0.3 is 5.69 Å². The molecule has 4 rings (SSSR count). The molecule has 1 spiro atoms. The first-order chi connectivity index (χ1) is 12.0. The lowest BCUT2D eigenvalue weighted by molar-refractivity contribution is -0.177. The van der Waals surface area contributed by atoms with Gasteiger partial charge in [0.25, 0.3) is 0 Å². The summed E-state index contributed by atoms with van der Waals surface area (Å²) in [7, 11) is 3.63. The smallest absolute Gasteiger partial charge is 0.328 e. The first-order valence-corrected chi connectivity index (χ1v) is 9.19. The molecular weight excluding hydrogens is 318 g/mol. The van der Waals surface area contributed by atoms with Gasteiger partial charge < -0.3 is 9.84 Å². The Balaban J connectivity index is 1.47. The van der Waals surface area contributed by atoms with E-state index in [4.69, 9.17) is 4.74 Å². The van der Waals surface area contributed by atoms with Crippen LogP contribution in [0.15, 0.2) is 23.0 Å². The molecule has 0 aliphatic carbocycles. The Bertz CT molecular complexity index is 830. The first-order valence-electron chi connectivity index (χ1n) is 9.19. The molecule has 0 radical (unpaired) electrons. The number of ether oxygens (including phenoxy) is 1. The zero-order chi connectivity index (χ0) is 17.6. The highest BCUT2D eigenvalue weighted by atomic mass is 16.5. The molecule has 25 heavy (non-hydrogen) atoms. The van der Waals surface area contributed by atoms with Crippen LogP contribution in [0.4, 0.5) is 0 Å². The molecule has 2 saturated heterocycles. The van der Waals surface area contributed by atoms with Gasteiger partial charge in [0.2, 0.25) is 0 Å². The van der Waals surface area contributed by atoms with E-state index in [0.717, 1.165) is 63.0 Å². The fourth-order valence-electron chi connectivity index (χ4n) is 4.39. The van der Waals surface area contributed by atoms with Crippen molar-refractivity contribution in [3.8, 4) is 0 Å². The Morgan fingerprint density at radius 1 is 1.20 bits per heavy atom. The summed E-state index contributed by atoms with van der Waals surface area (Å²) in [5.41, 5.74) is 2.85. The number of imidazole rings is 1. The van der Waals surface area contributed by atoms with Gasteiger partial charge in [-0.3, -0.25) is 14.0 Å². The van der Waals surface area contributed by atoms with Gasteiger partial charge in [-0.15, -0.1) is 0 Å². The maximum Gasteiger partial charge on any atom is 0.328 e. The Hall–Kier alpha value is -1.63. The van der Waals surface area contributed by atoms with E-state index in [1.807, 2.05) is 20.2 Å². The number of hydrogen-bond acceptors (Lipinski definition) is 4. The fraction of sp³-hybridized carbons (Fsp3) is 0.632. The van der Waals surface area contributed by atoms with Gasteiger partial charge in [-0.25, -0.2) is 4.79 Å². The summed E-state index contributed by atoms with van der Waals surface area (Å²) in [5, 5.41) is 10.4. The molecule has 1 N–H and O–H groups in total. The molecule has 1 aromatic carbocycles. The highest BCUT2D eigenvalue weighted by Crippen LogP contribution is 2.35. The SMILES string of the molecule is Cn1c(=O)n(C)c2cc(CN3CCC4(CC3)OCCC[C@H]4O)ccc21. The molecule has 2 aliphatic rings. The second kappa shape index (κ2) is 6.27. The topological polar surface area (TPSA) is 59.6 Å². The molecule has 136 valence electrons. The number of aliphatic hydroxyl groups is 1. The van der Waals surface area contributed by atoms with Gasteiger partial charge in [0.1, 0.15) is 0 Å². The molecule has 6 nitrogen and oxygen atoms in total. The summed E-state index contributed by atoms with van der Waals surface area (Å²) in [6.07, 6.45) is 3.28. The third-order valence-corrected chi connectivity index (χ3v) is 6.06. The molecule has 2 aromatic rings. The van der Waals surface area contributed by atoms with Crippen LogP contribution in [0, 0.1) is 0 Å². The second-order valence-corrected chi connectivity index (χ2v) is 7.57. The number of benzene rings is 1. The molecule has 1 atom stereocenters. The molecule has 0 saturated carbocycles. The molecule has 6 heteroatoms. The quantitative estimate of drug-likeness (QED) is 0.893. The predicted molar refractivity (Wildman–Crippen MR) is 96.6 cm³/mol. The average molecular weight is 345 g/mol. The van der Waals surface area contributed by atoms with Crippen LogP contribution in [0.5, 0.6) is 0 Å². The van der Waals surface area contributed by atoms with Gasteiger partial charge in [0.15, 0.2) is 0 Å². The number of likely N-dealkylation sites (tertiary alicyclic amines) is 1. The molecule has 1 aromatic heterocycles. The molecule has 0 unspecified atom stereocenters. The van der Waals surface area contributed by atoms with Crippen molar-refractivity contribution in [2.24, 2.45) is 14.1 Å². The normalized spacial score (nSPS) is 24.2. The maximum absolute atomic E-state index is 12.1. The van der Waals surface area contributed by atoms with Crippen LogP contribution >= 0.6 is 0 Å². The van der Waals surface area contributed by atoms with Gasteiger partial charge in [0, 0.05) is 40.3 Å². The molecule has 0 bridgehead atoms. The summed E-state index contributed by atoms with van der Waals surface area (Å²) in [6.45, 7) is 3.51. The minimum Gasteiger partial charge on any atom is -0.390 e. The Morgan fingerprint density at radius 2 is 1.92 bits per heavy atom. The van der Waals surface area contributed by atoms with Crippen LogP contribution < -0.4 is 5.69 Å². The lowest BCUT2D eigenvalue weighted by atomic mass is 9.82. The molecule has 0 amide bonds. The van der Waals surface area contributed by atoms with Crippen LogP contribution in [-0.2, 0) is 25.4 Å². The van der Waals surface area contributed by atoms with Crippen molar-refractivity contribution in [2.75, 3.05) is 19.7 Å². The third-order valence-electron chi connectivity index (χ3n) is 6.06. The van der Waals surface area contributed by atoms with E-state index in [2.05, 4.69) is 17.0 Å². The van der Waals surface area contributed by atoms with E-state index in [0.29, 0.717) is 0 Å². The number of aromatic nitrogens is 2. The summed E-state index contributed by atoms with van der Waals surface area (Å²) >= 11 is 0. The number of aryl methyl sites for hydroxylation is 2. The molecule has 2 aliphatic heterocycles. The number of piperidine rings is 1. The highest BCUT2D eigenvalue weighted by molar-refractivity contribution is 5.76. The monoisotopic (exact) mass is 345 g/mol. The summed E-state index contributed by atoms with van der Waals surface area (Å²) < 4.78 is 9.38. The molecule has 2 fully saturated rings. The number of nitrogens with zero attached hydrogens (tertiary/aromatic N) is 3. The van der Waals surface area contributed by atoms with Gasteiger partial charge in [0.05, 0.1) is 22.7 Å². The zero-order valence-electron chi connectivity index (χ0n) is 15.1. The summed E-state index contributed by atoms with van der Waals surface area (Å²) in [5.74, 6) is 0. The van der Waals surface area contributed by atoms with Crippen molar-refractivity contribution in [1.82, 2.24) is 14.0 Å². The first kappa shape index (κ1) is 16.8. The van der Waals surface area contributed by atoms with Crippen molar-refractivity contribution in [1.29, 1.82) is 0 Å². The fourth-order valence-corrected chi connectivity index (χ4v) is 4.39. The van der Waals surface area contributed by atoms with Crippen molar-refractivity contribution in [3.05, 3.63) is 34.2 Å². The van der Waals surface area contributed by atoms with Crippen LogP contribution in [-0.4, -0.2) is 50.5 Å². The van der Waals surface area contributed by atoms with E-state index in [-0.39, 0.29) is 17.4 Å². The van der Waals surface area contributed by atoms with Crippen LogP contribution in [0.1, 0.15) is 31.2 Å². The average Bonchev–Trinajstić information content (AvgIpc) is 2.84. The number of rotatable bonds is 2.